The molecule has 1 aromatic rings. The van der Waals surface area contributed by atoms with Gasteiger partial charge in [-0.15, -0.1) is 0 Å². The number of anilines is 1. The third-order valence-corrected chi connectivity index (χ3v) is 3.97. The molecule has 0 bridgehead atoms. The van der Waals surface area contributed by atoms with E-state index >= 15 is 0 Å². The lowest BCUT2D eigenvalue weighted by Crippen LogP contribution is -2.52. The number of hydrogen-bond donors (Lipinski definition) is 0. The van der Waals surface area contributed by atoms with Gasteiger partial charge < -0.3 is 14.4 Å². The summed E-state index contributed by atoms with van der Waals surface area (Å²) in [7, 11) is 1.67. The van der Waals surface area contributed by atoms with Crippen LogP contribution < -0.4 is 9.64 Å². The first-order chi connectivity index (χ1) is 9.49. The Morgan fingerprint density at radius 1 is 1.40 bits per heavy atom. The van der Waals surface area contributed by atoms with Crippen LogP contribution in [0.25, 0.3) is 0 Å². The fourth-order valence-corrected chi connectivity index (χ4v) is 2.63. The van der Waals surface area contributed by atoms with Crippen molar-refractivity contribution in [1.29, 1.82) is 0 Å². The summed E-state index contributed by atoms with van der Waals surface area (Å²) in [6.45, 7) is 4.89. The van der Waals surface area contributed by atoms with Crippen molar-refractivity contribution in [3.63, 3.8) is 0 Å². The first-order valence-electron chi connectivity index (χ1n) is 6.68. The maximum Gasteiger partial charge on any atom is 0.270 e. The van der Waals surface area contributed by atoms with E-state index in [-0.39, 0.29) is 5.91 Å². The Morgan fingerprint density at radius 2 is 2.15 bits per heavy atom. The summed E-state index contributed by atoms with van der Waals surface area (Å²) in [6.07, 6.45) is 0.802. The van der Waals surface area contributed by atoms with Crippen molar-refractivity contribution in [3.05, 3.63) is 23.8 Å². The minimum Gasteiger partial charge on any atom is -0.476 e. The molecule has 0 saturated carbocycles. The number of rotatable bonds is 5. The highest BCUT2D eigenvalue weighted by Crippen LogP contribution is 2.38. The van der Waals surface area contributed by atoms with Gasteiger partial charge in [-0.2, -0.15) is 0 Å². The molecule has 0 N–H and O–H groups in total. The first kappa shape index (κ1) is 15.3. The quantitative estimate of drug-likeness (QED) is 0.610. The predicted octanol–water partition coefficient (Wildman–Crippen LogP) is 3.12. The number of alkyl halides is 1. The van der Waals surface area contributed by atoms with Gasteiger partial charge in [0.15, 0.2) is 5.60 Å². The number of carbonyl (C=O) groups is 1. The van der Waals surface area contributed by atoms with Gasteiger partial charge in [0.1, 0.15) is 5.75 Å². The van der Waals surface area contributed by atoms with Crippen molar-refractivity contribution in [2.45, 2.75) is 31.2 Å². The van der Waals surface area contributed by atoms with Crippen LogP contribution in [0.1, 0.15) is 25.8 Å². The maximum absolute atomic E-state index is 12.6. The number of benzene rings is 1. The zero-order valence-corrected chi connectivity index (χ0v) is 13.7. The zero-order chi connectivity index (χ0) is 14.8. The molecule has 0 unspecified atom stereocenters. The van der Waals surface area contributed by atoms with E-state index in [9.17, 15) is 4.79 Å². The van der Waals surface area contributed by atoms with E-state index in [1.54, 1.807) is 21.0 Å². The molecule has 110 valence electrons. The molecule has 1 aliphatic heterocycles. The summed E-state index contributed by atoms with van der Waals surface area (Å²) < 4.78 is 10.9. The number of fused-ring (bicyclic) bond motifs is 1. The summed E-state index contributed by atoms with van der Waals surface area (Å²) in [5.74, 6) is 0.754. The minimum absolute atomic E-state index is 0.00664. The van der Waals surface area contributed by atoms with Crippen LogP contribution in [0.5, 0.6) is 5.75 Å². The molecule has 20 heavy (non-hydrogen) atoms. The summed E-state index contributed by atoms with van der Waals surface area (Å²) in [4.78, 5) is 14.4. The highest BCUT2D eigenvalue weighted by atomic mass is 79.9. The Morgan fingerprint density at radius 3 is 2.80 bits per heavy atom. The molecule has 0 fully saturated rings. The van der Waals surface area contributed by atoms with E-state index in [0.29, 0.717) is 13.2 Å². The van der Waals surface area contributed by atoms with Gasteiger partial charge in [-0.25, -0.2) is 0 Å². The van der Waals surface area contributed by atoms with Gasteiger partial charge in [0, 0.05) is 25.6 Å². The molecule has 1 amide bonds. The fraction of sp³-hybridized carbons (Fsp3) is 0.533. The van der Waals surface area contributed by atoms with E-state index < -0.39 is 5.60 Å². The Kier molecular flexibility index (Phi) is 4.70. The molecule has 0 spiro atoms. The Hall–Kier alpha value is -1.07. The van der Waals surface area contributed by atoms with Crippen LogP contribution in [0, 0.1) is 0 Å². The lowest BCUT2D eigenvalue weighted by atomic mass is 10.0. The molecule has 1 aromatic carbocycles. The first-order valence-corrected chi connectivity index (χ1v) is 7.80. The number of halogens is 1. The van der Waals surface area contributed by atoms with Crippen LogP contribution >= 0.6 is 15.9 Å². The van der Waals surface area contributed by atoms with Crippen LogP contribution in [0.15, 0.2) is 18.2 Å². The maximum atomic E-state index is 12.6. The van der Waals surface area contributed by atoms with E-state index in [4.69, 9.17) is 9.47 Å². The number of ether oxygens (including phenoxy) is 2. The number of nitrogens with zero attached hydrogens (tertiary/aromatic N) is 1. The van der Waals surface area contributed by atoms with Gasteiger partial charge in [-0.05, 0) is 38.0 Å². The third kappa shape index (κ3) is 2.99. The van der Waals surface area contributed by atoms with Crippen molar-refractivity contribution >= 4 is 27.5 Å². The molecule has 0 saturated heterocycles. The van der Waals surface area contributed by atoms with Gasteiger partial charge in [-0.1, -0.05) is 22.0 Å². The molecular formula is C15H20BrNO3. The molecule has 5 heteroatoms. The number of hydrogen-bond acceptors (Lipinski definition) is 3. The van der Waals surface area contributed by atoms with E-state index in [2.05, 4.69) is 15.9 Å². The molecule has 1 aliphatic rings. The number of carbonyl (C=O) groups excluding carboxylic acids is 1. The predicted molar refractivity (Wildman–Crippen MR) is 82.6 cm³/mol. The summed E-state index contributed by atoms with van der Waals surface area (Å²) in [5, 5.41) is 0.754. The van der Waals surface area contributed by atoms with Gasteiger partial charge in [0.2, 0.25) is 0 Å². The van der Waals surface area contributed by atoms with Crippen LogP contribution in [0.4, 0.5) is 5.69 Å². The SMILES string of the molecule is COCCCN1C(=O)C(C)(C)Oc2ccc(CBr)cc21. The lowest BCUT2D eigenvalue weighted by molar-refractivity contribution is -0.132. The largest absolute Gasteiger partial charge is 0.476 e. The van der Waals surface area contributed by atoms with Gasteiger partial charge in [0.05, 0.1) is 5.69 Å². The highest BCUT2D eigenvalue weighted by Gasteiger charge is 2.40. The topological polar surface area (TPSA) is 38.8 Å². The molecule has 4 nitrogen and oxygen atoms in total. The van der Waals surface area contributed by atoms with E-state index in [1.807, 2.05) is 23.1 Å². The Bertz CT molecular complexity index is 502. The van der Waals surface area contributed by atoms with Crippen molar-refractivity contribution in [2.75, 3.05) is 25.2 Å². The zero-order valence-electron chi connectivity index (χ0n) is 12.1. The van der Waals surface area contributed by atoms with Crippen molar-refractivity contribution < 1.29 is 14.3 Å². The summed E-state index contributed by atoms with van der Waals surface area (Å²) >= 11 is 3.44. The fourth-order valence-electron chi connectivity index (χ4n) is 2.29. The van der Waals surface area contributed by atoms with Crippen LogP contribution in [0.2, 0.25) is 0 Å². The highest BCUT2D eigenvalue weighted by molar-refractivity contribution is 9.08. The lowest BCUT2D eigenvalue weighted by Gasteiger charge is -2.39. The van der Waals surface area contributed by atoms with Gasteiger partial charge in [0.25, 0.3) is 5.91 Å². The van der Waals surface area contributed by atoms with Crippen LogP contribution in [-0.2, 0) is 14.9 Å². The van der Waals surface area contributed by atoms with Crippen LogP contribution in [0.3, 0.4) is 0 Å². The second kappa shape index (κ2) is 6.14. The molecule has 0 aromatic heterocycles. The van der Waals surface area contributed by atoms with Crippen LogP contribution in [-0.4, -0.2) is 31.8 Å². The average molecular weight is 342 g/mol. The Balaban J connectivity index is 2.35. The summed E-state index contributed by atoms with van der Waals surface area (Å²) in [6, 6.07) is 5.94. The van der Waals surface area contributed by atoms with Gasteiger partial charge in [-0.3, -0.25) is 4.79 Å². The van der Waals surface area contributed by atoms with Gasteiger partial charge >= 0.3 is 0 Å². The molecular weight excluding hydrogens is 322 g/mol. The van der Waals surface area contributed by atoms with E-state index in [1.165, 1.54) is 0 Å². The molecule has 0 aliphatic carbocycles. The molecule has 0 atom stereocenters. The van der Waals surface area contributed by atoms with E-state index in [0.717, 1.165) is 28.8 Å². The molecule has 2 rings (SSSR count). The summed E-state index contributed by atoms with van der Waals surface area (Å²) in [5.41, 5.74) is 1.15. The van der Waals surface area contributed by atoms with Crippen molar-refractivity contribution in [1.82, 2.24) is 0 Å². The molecule has 0 radical (unpaired) electrons. The average Bonchev–Trinajstić information content (AvgIpc) is 2.42. The normalized spacial score (nSPS) is 16.8. The monoisotopic (exact) mass is 341 g/mol. The third-order valence-electron chi connectivity index (χ3n) is 3.32. The smallest absolute Gasteiger partial charge is 0.270 e. The Labute approximate surface area is 128 Å². The molecule has 1 heterocycles. The van der Waals surface area contributed by atoms with Crippen molar-refractivity contribution in [3.8, 4) is 5.75 Å². The standard InChI is InChI=1S/C15H20BrNO3/c1-15(2)14(18)17(7-4-8-19-3)12-9-11(10-16)5-6-13(12)20-15/h5-6,9H,4,7-8,10H2,1-3H3. The second-order valence-corrected chi connectivity index (χ2v) is 5.91. The second-order valence-electron chi connectivity index (χ2n) is 5.35. The van der Waals surface area contributed by atoms with Crippen molar-refractivity contribution in [2.24, 2.45) is 0 Å². The minimum atomic E-state index is -0.823. The number of amides is 1. The number of methoxy groups -OCH3 is 1.